The van der Waals surface area contributed by atoms with Crippen LogP contribution in [0, 0.1) is 17.9 Å². The predicted molar refractivity (Wildman–Crippen MR) is 182 cm³/mol. The Hall–Kier alpha value is -3.60. The molecule has 0 spiro atoms. The van der Waals surface area contributed by atoms with Crippen molar-refractivity contribution in [3.8, 4) is 22.5 Å². The number of benzene rings is 2. The predicted octanol–water partition coefficient (Wildman–Crippen LogP) is 10.7. The van der Waals surface area contributed by atoms with E-state index in [-0.39, 0.29) is 48.9 Å². The van der Waals surface area contributed by atoms with Crippen LogP contribution in [0.2, 0.25) is 0 Å². The fourth-order valence-electron chi connectivity index (χ4n) is 5.53. The van der Waals surface area contributed by atoms with Crippen LogP contribution >= 0.6 is 0 Å². The second-order valence-corrected chi connectivity index (χ2v) is 12.3. The molecule has 239 valence electrons. The first-order chi connectivity index (χ1) is 21.1. The number of aromatic nitrogens is 2. The maximum absolute atomic E-state index is 11.7. The largest absolute Gasteiger partial charge is 0.512 e. The first kappa shape index (κ1) is 35.9. The van der Waals surface area contributed by atoms with Crippen LogP contribution < -0.4 is 0 Å². The third-order valence-electron chi connectivity index (χ3n) is 8.34. The van der Waals surface area contributed by atoms with E-state index in [4.69, 9.17) is 4.42 Å². The molecule has 45 heavy (non-hydrogen) atoms. The van der Waals surface area contributed by atoms with Crippen molar-refractivity contribution in [3.63, 3.8) is 0 Å². The Bertz CT molecular complexity index is 1740. The first-order valence-electron chi connectivity index (χ1n) is 15.8. The molecule has 3 heterocycles. The Morgan fingerprint density at radius 3 is 2.27 bits per heavy atom. The van der Waals surface area contributed by atoms with Gasteiger partial charge in [0.25, 0.3) is 0 Å². The summed E-state index contributed by atoms with van der Waals surface area (Å²) in [7, 11) is 0. The van der Waals surface area contributed by atoms with Gasteiger partial charge in [0, 0.05) is 55.3 Å². The van der Waals surface area contributed by atoms with Gasteiger partial charge >= 0.3 is 0 Å². The molecule has 0 aliphatic heterocycles. The SMILES string of the molecule is CC(C)(C)c1cc(-c2cc(-c3cc4ccoc4cn3)ccn2)[c-]c2ccccc12.CCC(CC)C(=O)/C=C(\O)C(CC)CC.[Ir]. The van der Waals surface area contributed by atoms with Gasteiger partial charge in [0.1, 0.15) is 0 Å². The van der Waals surface area contributed by atoms with E-state index >= 15 is 0 Å². The van der Waals surface area contributed by atoms with E-state index in [2.05, 4.69) is 73.2 Å². The van der Waals surface area contributed by atoms with E-state index in [9.17, 15) is 9.90 Å². The molecule has 0 atom stereocenters. The molecule has 3 aromatic heterocycles. The number of carbonyl (C=O) groups excluding carboxylic acids is 1. The third-order valence-corrected chi connectivity index (χ3v) is 8.34. The number of carbonyl (C=O) groups is 1. The molecule has 5 aromatic rings. The number of hydrogen-bond acceptors (Lipinski definition) is 5. The van der Waals surface area contributed by atoms with Crippen molar-refractivity contribution in [2.75, 3.05) is 0 Å². The van der Waals surface area contributed by atoms with Crippen LogP contribution in [-0.4, -0.2) is 20.9 Å². The van der Waals surface area contributed by atoms with Gasteiger partial charge in [0.05, 0.1) is 23.9 Å². The summed E-state index contributed by atoms with van der Waals surface area (Å²) in [5, 5.41) is 13.2. The number of ketones is 1. The molecule has 0 saturated carbocycles. The summed E-state index contributed by atoms with van der Waals surface area (Å²) < 4.78 is 5.41. The average molecular weight is 782 g/mol. The van der Waals surface area contributed by atoms with Crippen molar-refractivity contribution in [2.24, 2.45) is 11.8 Å². The standard InChI is InChI=1S/C26H21N2O.C13H24O2.Ir/c1-26(2,3)22-13-20(12-17-6-4-5-7-21(17)22)24-14-18(8-10-27-24)23-15-19-9-11-29-25(19)16-28-23;1-5-10(6-2)12(14)9-13(15)11(7-3)8-4;/h4-11,13-16H,1-3H3;9-11,14H,5-8H2,1-4H3;/q-1;;/b;12-9-;. The summed E-state index contributed by atoms with van der Waals surface area (Å²) >= 11 is 0. The molecule has 0 aliphatic rings. The maximum atomic E-state index is 11.7. The molecule has 5 nitrogen and oxygen atoms in total. The van der Waals surface area contributed by atoms with Crippen molar-refractivity contribution in [2.45, 2.75) is 79.6 Å². The van der Waals surface area contributed by atoms with Gasteiger partial charge in [0.2, 0.25) is 0 Å². The molecule has 0 saturated heterocycles. The monoisotopic (exact) mass is 782 g/mol. The van der Waals surface area contributed by atoms with E-state index < -0.39 is 0 Å². The van der Waals surface area contributed by atoms with E-state index in [1.54, 1.807) is 12.5 Å². The van der Waals surface area contributed by atoms with Crippen molar-refractivity contribution >= 4 is 27.5 Å². The van der Waals surface area contributed by atoms with Crippen molar-refractivity contribution in [1.82, 2.24) is 9.97 Å². The van der Waals surface area contributed by atoms with Gasteiger partial charge in [-0.15, -0.1) is 29.1 Å². The van der Waals surface area contributed by atoms with Gasteiger partial charge in [0.15, 0.2) is 11.4 Å². The molecular weight excluding hydrogens is 737 g/mol. The summed E-state index contributed by atoms with van der Waals surface area (Å²) in [6, 6.07) is 22.3. The summed E-state index contributed by atoms with van der Waals surface area (Å²) in [6.45, 7) is 14.8. The van der Waals surface area contributed by atoms with E-state index in [1.807, 2.05) is 52.1 Å². The molecule has 0 fully saturated rings. The summed E-state index contributed by atoms with van der Waals surface area (Å²) in [6.07, 6.45) is 10.2. The van der Waals surface area contributed by atoms with Crippen LogP contribution in [0.15, 0.2) is 89.5 Å². The molecule has 0 unspecified atom stereocenters. The second kappa shape index (κ2) is 16.1. The summed E-state index contributed by atoms with van der Waals surface area (Å²) in [4.78, 5) is 20.9. The number of aliphatic hydroxyl groups excluding tert-OH is 1. The van der Waals surface area contributed by atoms with Crippen LogP contribution in [0.1, 0.15) is 79.7 Å². The molecular formula is C39H45IrN2O3-. The minimum Gasteiger partial charge on any atom is -0.512 e. The fraction of sp³-hybridized carbons (Fsp3) is 0.359. The summed E-state index contributed by atoms with van der Waals surface area (Å²) in [5.41, 5.74) is 5.94. The third kappa shape index (κ3) is 8.77. The van der Waals surface area contributed by atoms with Crippen LogP contribution in [0.3, 0.4) is 0 Å². The normalized spacial score (nSPS) is 11.9. The Kier molecular flexibility index (Phi) is 12.8. The number of rotatable bonds is 9. The number of furan rings is 1. The van der Waals surface area contributed by atoms with E-state index in [0.29, 0.717) is 0 Å². The number of allylic oxidation sites excluding steroid dienone is 2. The Morgan fingerprint density at radius 1 is 0.911 bits per heavy atom. The Labute approximate surface area is 281 Å². The smallest absolute Gasteiger partial charge is 0.162 e. The van der Waals surface area contributed by atoms with Gasteiger partial charge in [-0.05, 0) is 54.9 Å². The van der Waals surface area contributed by atoms with Gasteiger partial charge in [-0.3, -0.25) is 14.8 Å². The molecule has 1 N–H and O–H groups in total. The van der Waals surface area contributed by atoms with E-state index in [0.717, 1.165) is 64.6 Å². The van der Waals surface area contributed by atoms with Crippen LogP contribution in [-0.2, 0) is 30.3 Å². The number of pyridine rings is 2. The molecule has 6 heteroatoms. The number of fused-ring (bicyclic) bond motifs is 2. The second-order valence-electron chi connectivity index (χ2n) is 12.3. The molecule has 0 bridgehead atoms. The number of nitrogens with zero attached hydrogens (tertiary/aromatic N) is 2. The topological polar surface area (TPSA) is 76.2 Å². The maximum Gasteiger partial charge on any atom is 0.162 e. The minimum atomic E-state index is 0. The van der Waals surface area contributed by atoms with Crippen molar-refractivity contribution in [1.29, 1.82) is 0 Å². The van der Waals surface area contributed by atoms with Gasteiger partial charge in [-0.25, -0.2) is 0 Å². The molecule has 5 rings (SSSR count). The number of aliphatic hydroxyl groups is 1. The van der Waals surface area contributed by atoms with Gasteiger partial charge in [-0.1, -0.05) is 83.7 Å². The molecule has 0 aliphatic carbocycles. The molecule has 1 radical (unpaired) electrons. The quantitative estimate of drug-likeness (QED) is 0.0916. The zero-order valence-electron chi connectivity index (χ0n) is 27.5. The zero-order chi connectivity index (χ0) is 31.9. The first-order valence-corrected chi connectivity index (χ1v) is 15.8. The Balaban J connectivity index is 0.000000297. The average Bonchev–Trinajstić information content (AvgIpc) is 3.50. The fourth-order valence-corrected chi connectivity index (χ4v) is 5.53. The van der Waals surface area contributed by atoms with Crippen molar-refractivity contribution in [3.05, 3.63) is 96.7 Å². The van der Waals surface area contributed by atoms with Gasteiger partial charge in [-0.2, -0.15) is 0 Å². The van der Waals surface area contributed by atoms with E-state index in [1.165, 1.54) is 17.0 Å². The summed E-state index contributed by atoms with van der Waals surface area (Å²) in [5.74, 6) is 0.547. The minimum absolute atomic E-state index is 0. The molecule has 0 amide bonds. The van der Waals surface area contributed by atoms with Crippen LogP contribution in [0.5, 0.6) is 0 Å². The number of hydrogen-bond donors (Lipinski definition) is 1. The van der Waals surface area contributed by atoms with Gasteiger partial charge < -0.3 is 9.52 Å². The van der Waals surface area contributed by atoms with Crippen LogP contribution in [0.25, 0.3) is 44.3 Å². The zero-order valence-corrected chi connectivity index (χ0v) is 29.9. The Morgan fingerprint density at radius 2 is 1.60 bits per heavy atom. The van der Waals surface area contributed by atoms with Crippen molar-refractivity contribution < 1.29 is 34.4 Å². The van der Waals surface area contributed by atoms with Crippen LogP contribution in [0.4, 0.5) is 0 Å². The molecule has 2 aromatic carbocycles.